The van der Waals surface area contributed by atoms with Crippen molar-refractivity contribution < 1.29 is 9.53 Å². The van der Waals surface area contributed by atoms with Crippen LogP contribution in [0.25, 0.3) is 0 Å². The van der Waals surface area contributed by atoms with Crippen molar-refractivity contribution in [2.24, 2.45) is 0 Å². The molecule has 1 N–H and O–H groups in total. The normalized spacial score (nSPS) is 11.4. The van der Waals surface area contributed by atoms with Gasteiger partial charge in [-0.3, -0.25) is 4.79 Å². The molecule has 0 saturated heterocycles. The van der Waals surface area contributed by atoms with Crippen LogP contribution in [0.2, 0.25) is 0 Å². The molecule has 0 aliphatic heterocycles. The van der Waals surface area contributed by atoms with Gasteiger partial charge in [-0.1, -0.05) is 15.9 Å². The molecule has 0 aromatic heterocycles. The third-order valence-electron chi connectivity index (χ3n) is 2.05. The number of esters is 1. The van der Waals surface area contributed by atoms with Crippen molar-refractivity contribution in [1.82, 2.24) is 5.32 Å². The van der Waals surface area contributed by atoms with Gasteiger partial charge in [0, 0.05) is 21.7 Å². The first-order chi connectivity index (χ1) is 8.87. The molecule has 0 heterocycles. The molecule has 0 unspecified atom stereocenters. The van der Waals surface area contributed by atoms with E-state index in [2.05, 4.69) is 33.4 Å². The summed E-state index contributed by atoms with van der Waals surface area (Å²) in [6.45, 7) is 6.65. The third-order valence-corrected chi connectivity index (χ3v) is 3.59. The van der Waals surface area contributed by atoms with Gasteiger partial charge in [0.25, 0.3) is 0 Å². The minimum absolute atomic E-state index is 0.207. The number of ether oxygens (including phenoxy) is 1. The fourth-order valence-corrected chi connectivity index (χ4v) is 2.41. The monoisotopic (exact) mass is 345 g/mol. The van der Waals surface area contributed by atoms with Gasteiger partial charge in [0.1, 0.15) is 5.60 Å². The Bertz CT molecular complexity index is 401. The maximum Gasteiger partial charge on any atom is 0.320 e. The highest BCUT2D eigenvalue weighted by Gasteiger charge is 2.15. The smallest absolute Gasteiger partial charge is 0.320 e. The van der Waals surface area contributed by atoms with Crippen LogP contribution in [-0.4, -0.2) is 30.4 Å². The van der Waals surface area contributed by atoms with Crippen molar-refractivity contribution in [3.63, 3.8) is 0 Å². The Morgan fingerprint density at radius 1 is 1.32 bits per heavy atom. The molecule has 0 aliphatic carbocycles. The van der Waals surface area contributed by atoms with Gasteiger partial charge in [-0.2, -0.15) is 0 Å². The van der Waals surface area contributed by atoms with Crippen LogP contribution in [0.4, 0.5) is 0 Å². The first-order valence-corrected chi connectivity index (χ1v) is 7.95. The van der Waals surface area contributed by atoms with Gasteiger partial charge in [0.15, 0.2) is 0 Å². The molecule has 1 rings (SSSR count). The summed E-state index contributed by atoms with van der Waals surface area (Å²) in [5.41, 5.74) is -0.412. The molecule has 0 atom stereocenters. The van der Waals surface area contributed by atoms with Crippen LogP contribution in [0.5, 0.6) is 0 Å². The van der Waals surface area contributed by atoms with Gasteiger partial charge in [0.2, 0.25) is 0 Å². The summed E-state index contributed by atoms with van der Waals surface area (Å²) >= 11 is 5.16. The van der Waals surface area contributed by atoms with Gasteiger partial charge in [-0.05, 0) is 45.0 Å². The Morgan fingerprint density at radius 2 is 1.95 bits per heavy atom. The molecule has 0 bridgehead atoms. The van der Waals surface area contributed by atoms with Crippen molar-refractivity contribution >= 4 is 33.7 Å². The summed E-state index contributed by atoms with van der Waals surface area (Å²) < 4.78 is 6.29. The van der Waals surface area contributed by atoms with Crippen LogP contribution in [0, 0.1) is 0 Å². The number of carbonyl (C=O) groups excluding carboxylic acids is 1. The molecule has 0 amide bonds. The number of rotatable bonds is 6. The molecule has 0 radical (unpaired) electrons. The second-order valence-corrected chi connectivity index (χ2v) is 7.15. The van der Waals surface area contributed by atoms with Crippen LogP contribution in [0.15, 0.2) is 33.6 Å². The summed E-state index contributed by atoms with van der Waals surface area (Å²) in [6.07, 6.45) is 0. The number of carbonyl (C=O) groups is 1. The Hall–Kier alpha value is -0.520. The lowest BCUT2D eigenvalue weighted by atomic mass is 10.2. The predicted octanol–water partition coefficient (Wildman–Crippen LogP) is 3.47. The molecule has 1 aromatic rings. The zero-order chi connectivity index (χ0) is 14.3. The molecule has 0 spiro atoms. The van der Waals surface area contributed by atoms with E-state index in [-0.39, 0.29) is 12.5 Å². The minimum atomic E-state index is -0.412. The average Bonchev–Trinajstić information content (AvgIpc) is 2.29. The van der Waals surface area contributed by atoms with E-state index in [9.17, 15) is 4.79 Å². The molecule has 0 fully saturated rings. The maximum absolute atomic E-state index is 11.4. The van der Waals surface area contributed by atoms with E-state index >= 15 is 0 Å². The van der Waals surface area contributed by atoms with Gasteiger partial charge in [-0.15, -0.1) is 11.8 Å². The molecule has 0 saturated carbocycles. The van der Waals surface area contributed by atoms with Crippen LogP contribution in [-0.2, 0) is 9.53 Å². The second-order valence-electron chi connectivity index (χ2n) is 5.07. The molecule has 106 valence electrons. The Labute approximate surface area is 127 Å². The van der Waals surface area contributed by atoms with Crippen molar-refractivity contribution in [2.45, 2.75) is 31.3 Å². The Balaban J connectivity index is 2.11. The standard InChI is InChI=1S/C14H20BrNO2S/c1-14(2,3)18-13(17)10-16-8-9-19-12-6-4-11(15)5-7-12/h4-7,16H,8-10H2,1-3H3. The molecule has 19 heavy (non-hydrogen) atoms. The predicted molar refractivity (Wildman–Crippen MR) is 83.6 cm³/mol. The number of halogens is 1. The van der Waals surface area contributed by atoms with Crippen molar-refractivity contribution in [3.8, 4) is 0 Å². The Kier molecular flexibility index (Phi) is 6.89. The average molecular weight is 346 g/mol. The lowest BCUT2D eigenvalue weighted by Crippen LogP contribution is -2.32. The first-order valence-electron chi connectivity index (χ1n) is 6.18. The quantitative estimate of drug-likeness (QED) is 0.486. The molecular formula is C14H20BrNO2S. The highest BCUT2D eigenvalue weighted by Crippen LogP contribution is 2.19. The number of benzene rings is 1. The van der Waals surface area contributed by atoms with E-state index in [1.165, 1.54) is 4.90 Å². The largest absolute Gasteiger partial charge is 0.459 e. The van der Waals surface area contributed by atoms with E-state index in [4.69, 9.17) is 4.74 Å². The topological polar surface area (TPSA) is 38.3 Å². The fourth-order valence-electron chi connectivity index (χ4n) is 1.34. The van der Waals surface area contributed by atoms with Crippen LogP contribution in [0.1, 0.15) is 20.8 Å². The zero-order valence-electron chi connectivity index (χ0n) is 11.5. The summed E-state index contributed by atoms with van der Waals surface area (Å²) in [5.74, 6) is 0.714. The van der Waals surface area contributed by atoms with Gasteiger partial charge < -0.3 is 10.1 Å². The van der Waals surface area contributed by atoms with Crippen molar-refractivity contribution in [3.05, 3.63) is 28.7 Å². The van der Waals surface area contributed by atoms with E-state index < -0.39 is 5.60 Å². The molecule has 1 aromatic carbocycles. The number of hydrogen-bond donors (Lipinski definition) is 1. The Morgan fingerprint density at radius 3 is 2.53 bits per heavy atom. The van der Waals surface area contributed by atoms with Crippen molar-refractivity contribution in [1.29, 1.82) is 0 Å². The molecule has 0 aliphatic rings. The van der Waals surface area contributed by atoms with E-state index in [0.29, 0.717) is 0 Å². The van der Waals surface area contributed by atoms with Gasteiger partial charge in [0.05, 0.1) is 6.54 Å². The molecular weight excluding hydrogens is 326 g/mol. The first kappa shape index (κ1) is 16.5. The SMILES string of the molecule is CC(C)(C)OC(=O)CNCCSc1ccc(Br)cc1. The highest BCUT2D eigenvalue weighted by molar-refractivity contribution is 9.10. The van der Waals surface area contributed by atoms with E-state index in [1.807, 2.05) is 32.9 Å². The number of hydrogen-bond acceptors (Lipinski definition) is 4. The summed E-state index contributed by atoms with van der Waals surface area (Å²) in [4.78, 5) is 12.7. The summed E-state index contributed by atoms with van der Waals surface area (Å²) in [6, 6.07) is 8.19. The highest BCUT2D eigenvalue weighted by atomic mass is 79.9. The second kappa shape index (κ2) is 7.92. The molecule has 3 nitrogen and oxygen atoms in total. The van der Waals surface area contributed by atoms with Crippen LogP contribution < -0.4 is 5.32 Å². The van der Waals surface area contributed by atoms with Crippen LogP contribution >= 0.6 is 27.7 Å². The number of nitrogens with one attached hydrogen (secondary N) is 1. The lowest BCUT2D eigenvalue weighted by molar-refractivity contribution is -0.153. The summed E-state index contributed by atoms with van der Waals surface area (Å²) in [7, 11) is 0. The maximum atomic E-state index is 11.4. The van der Waals surface area contributed by atoms with E-state index in [0.717, 1.165) is 16.8 Å². The van der Waals surface area contributed by atoms with Gasteiger partial charge >= 0.3 is 5.97 Å². The van der Waals surface area contributed by atoms with Crippen LogP contribution in [0.3, 0.4) is 0 Å². The van der Waals surface area contributed by atoms with Gasteiger partial charge in [-0.25, -0.2) is 0 Å². The number of thioether (sulfide) groups is 1. The fraction of sp³-hybridized carbons (Fsp3) is 0.500. The lowest BCUT2D eigenvalue weighted by Gasteiger charge is -2.19. The minimum Gasteiger partial charge on any atom is -0.459 e. The third kappa shape index (κ3) is 8.29. The zero-order valence-corrected chi connectivity index (χ0v) is 13.9. The van der Waals surface area contributed by atoms with Crippen molar-refractivity contribution in [2.75, 3.05) is 18.8 Å². The van der Waals surface area contributed by atoms with E-state index in [1.54, 1.807) is 11.8 Å². The summed E-state index contributed by atoms with van der Waals surface area (Å²) in [5, 5.41) is 3.08. The molecule has 5 heteroatoms.